The van der Waals surface area contributed by atoms with Crippen LogP contribution in [0.1, 0.15) is 29.4 Å². The molecule has 2 rings (SSSR count). The Morgan fingerprint density at radius 2 is 2.25 bits per heavy atom. The number of carboxylic acids is 1. The van der Waals surface area contributed by atoms with Crippen LogP contribution in [0.5, 0.6) is 0 Å². The van der Waals surface area contributed by atoms with Crippen molar-refractivity contribution in [2.45, 2.75) is 13.3 Å². The molecule has 0 aliphatic carbocycles. The van der Waals surface area contributed by atoms with Crippen LogP contribution in [-0.2, 0) is 4.79 Å². The van der Waals surface area contributed by atoms with Crippen molar-refractivity contribution < 1.29 is 14.7 Å². The molecule has 0 unspecified atom stereocenters. The third kappa shape index (κ3) is 3.48. The zero-order valence-electron chi connectivity index (χ0n) is 10.9. The Kier molecular flexibility index (Phi) is 4.57. The molecular weight excluding hydrogens is 276 g/mol. The number of hydrogen-bond acceptors (Lipinski definition) is 4. The minimum Gasteiger partial charge on any atom is -0.476 e. The summed E-state index contributed by atoms with van der Waals surface area (Å²) >= 11 is 1.29. The van der Waals surface area contributed by atoms with Crippen LogP contribution in [0.3, 0.4) is 0 Å². The summed E-state index contributed by atoms with van der Waals surface area (Å²) in [7, 11) is 0. The molecule has 1 aromatic carbocycles. The smallest absolute Gasteiger partial charge is 0.357 e. The second kappa shape index (κ2) is 6.38. The van der Waals surface area contributed by atoms with Crippen LogP contribution in [0.2, 0.25) is 0 Å². The summed E-state index contributed by atoms with van der Waals surface area (Å²) in [6.45, 7) is 1.55. The SMILES string of the molecule is CC(=O)SCCC=Cc1ccc2[nH]nc(C(=O)O)c2c1. The maximum atomic E-state index is 11.0. The van der Waals surface area contributed by atoms with E-state index in [9.17, 15) is 9.59 Å². The lowest BCUT2D eigenvalue weighted by molar-refractivity contribution is -0.109. The molecule has 6 heteroatoms. The number of aromatic nitrogens is 2. The van der Waals surface area contributed by atoms with Gasteiger partial charge in [-0.15, -0.1) is 0 Å². The number of aromatic carboxylic acids is 1. The number of carboxylic acid groups (broad SMARTS) is 1. The van der Waals surface area contributed by atoms with Gasteiger partial charge in [-0.2, -0.15) is 5.10 Å². The zero-order chi connectivity index (χ0) is 14.5. The Morgan fingerprint density at radius 1 is 1.45 bits per heavy atom. The first kappa shape index (κ1) is 14.3. The highest BCUT2D eigenvalue weighted by Gasteiger charge is 2.12. The number of carbonyl (C=O) groups excluding carboxylic acids is 1. The van der Waals surface area contributed by atoms with Crippen molar-refractivity contribution in [2.75, 3.05) is 5.75 Å². The van der Waals surface area contributed by atoms with E-state index in [0.29, 0.717) is 10.9 Å². The van der Waals surface area contributed by atoms with Gasteiger partial charge < -0.3 is 5.11 Å². The van der Waals surface area contributed by atoms with E-state index in [4.69, 9.17) is 5.11 Å². The van der Waals surface area contributed by atoms with Crippen molar-refractivity contribution in [1.82, 2.24) is 10.2 Å². The topological polar surface area (TPSA) is 83.0 Å². The molecule has 0 saturated carbocycles. The van der Waals surface area contributed by atoms with E-state index >= 15 is 0 Å². The number of hydrogen-bond donors (Lipinski definition) is 2. The van der Waals surface area contributed by atoms with Gasteiger partial charge in [0.05, 0.1) is 5.52 Å². The van der Waals surface area contributed by atoms with Gasteiger partial charge in [0.25, 0.3) is 0 Å². The van der Waals surface area contributed by atoms with Gasteiger partial charge in [-0.05, 0) is 24.1 Å². The predicted octanol–water partition coefficient (Wildman–Crippen LogP) is 2.94. The maximum absolute atomic E-state index is 11.0. The quantitative estimate of drug-likeness (QED) is 0.827. The molecule has 0 aliphatic rings. The molecule has 20 heavy (non-hydrogen) atoms. The molecule has 104 valence electrons. The van der Waals surface area contributed by atoms with E-state index in [0.717, 1.165) is 17.7 Å². The van der Waals surface area contributed by atoms with Crippen LogP contribution >= 0.6 is 11.8 Å². The molecule has 0 aliphatic heterocycles. The predicted molar refractivity (Wildman–Crippen MR) is 79.8 cm³/mol. The molecule has 2 aromatic rings. The van der Waals surface area contributed by atoms with E-state index in [1.807, 2.05) is 18.2 Å². The first-order valence-corrected chi connectivity index (χ1v) is 7.08. The fraction of sp³-hybridized carbons (Fsp3) is 0.214. The van der Waals surface area contributed by atoms with Crippen LogP contribution in [0.15, 0.2) is 24.3 Å². The normalized spacial score (nSPS) is 11.2. The van der Waals surface area contributed by atoms with Crippen molar-refractivity contribution in [3.63, 3.8) is 0 Å². The monoisotopic (exact) mass is 290 g/mol. The maximum Gasteiger partial charge on any atom is 0.357 e. The van der Waals surface area contributed by atoms with Gasteiger partial charge in [-0.1, -0.05) is 30.0 Å². The minimum absolute atomic E-state index is 0.0300. The van der Waals surface area contributed by atoms with Crippen molar-refractivity contribution in [3.05, 3.63) is 35.5 Å². The molecule has 0 bridgehead atoms. The fourth-order valence-electron chi connectivity index (χ4n) is 1.79. The Morgan fingerprint density at radius 3 is 2.95 bits per heavy atom. The van der Waals surface area contributed by atoms with Crippen molar-refractivity contribution >= 4 is 39.8 Å². The Labute approximate surface area is 120 Å². The number of fused-ring (bicyclic) bond motifs is 1. The average molecular weight is 290 g/mol. The number of benzene rings is 1. The van der Waals surface area contributed by atoms with Crippen LogP contribution in [0, 0.1) is 0 Å². The van der Waals surface area contributed by atoms with Crippen LogP contribution in [0.25, 0.3) is 17.0 Å². The zero-order valence-corrected chi connectivity index (χ0v) is 11.7. The fourth-order valence-corrected chi connectivity index (χ4v) is 2.33. The summed E-state index contributed by atoms with van der Waals surface area (Å²) < 4.78 is 0. The third-order valence-corrected chi connectivity index (χ3v) is 3.54. The van der Waals surface area contributed by atoms with Gasteiger partial charge in [0.15, 0.2) is 10.8 Å². The summed E-state index contributed by atoms with van der Waals surface area (Å²) in [5.41, 5.74) is 1.64. The summed E-state index contributed by atoms with van der Waals surface area (Å²) in [6.07, 6.45) is 4.68. The van der Waals surface area contributed by atoms with Crippen LogP contribution in [-0.4, -0.2) is 32.1 Å². The summed E-state index contributed by atoms with van der Waals surface area (Å²) in [5.74, 6) is -0.296. The highest BCUT2D eigenvalue weighted by molar-refractivity contribution is 8.13. The largest absolute Gasteiger partial charge is 0.476 e. The number of aromatic amines is 1. The molecule has 0 amide bonds. The van der Waals surface area contributed by atoms with E-state index in [-0.39, 0.29) is 10.8 Å². The summed E-state index contributed by atoms with van der Waals surface area (Å²) in [4.78, 5) is 21.8. The number of carbonyl (C=O) groups is 2. The van der Waals surface area contributed by atoms with E-state index in [1.165, 1.54) is 11.8 Å². The lowest BCUT2D eigenvalue weighted by atomic mass is 10.1. The summed E-state index contributed by atoms with van der Waals surface area (Å²) in [6, 6.07) is 5.48. The average Bonchev–Trinajstić information content (AvgIpc) is 2.81. The number of rotatable bonds is 5. The molecule has 0 saturated heterocycles. The molecule has 1 aromatic heterocycles. The number of nitrogens with one attached hydrogen (secondary N) is 1. The standard InChI is InChI=1S/C14H14N2O3S/c1-9(17)20-7-3-2-4-10-5-6-12-11(8-10)13(14(18)19)16-15-12/h2,4-6,8H,3,7H2,1H3,(H,15,16)(H,18,19). The highest BCUT2D eigenvalue weighted by atomic mass is 32.2. The molecular formula is C14H14N2O3S. The molecule has 1 heterocycles. The van der Waals surface area contributed by atoms with E-state index in [1.54, 1.807) is 19.1 Å². The van der Waals surface area contributed by atoms with Crippen molar-refractivity contribution in [2.24, 2.45) is 0 Å². The van der Waals surface area contributed by atoms with Gasteiger partial charge in [-0.25, -0.2) is 4.79 Å². The Balaban J connectivity index is 2.11. The van der Waals surface area contributed by atoms with Gasteiger partial charge in [0.1, 0.15) is 0 Å². The summed E-state index contributed by atoms with van der Waals surface area (Å²) in [5, 5.41) is 16.2. The molecule has 0 fully saturated rings. The van der Waals surface area contributed by atoms with E-state index < -0.39 is 5.97 Å². The Bertz CT molecular complexity index is 676. The lowest BCUT2D eigenvalue weighted by Crippen LogP contribution is -1.96. The number of H-pyrrole nitrogens is 1. The third-order valence-electron chi connectivity index (χ3n) is 2.69. The highest BCUT2D eigenvalue weighted by Crippen LogP contribution is 2.19. The Hall–Kier alpha value is -2.08. The van der Waals surface area contributed by atoms with Crippen LogP contribution < -0.4 is 0 Å². The number of allylic oxidation sites excluding steroid dienone is 1. The molecule has 2 N–H and O–H groups in total. The van der Waals surface area contributed by atoms with Crippen molar-refractivity contribution in [1.29, 1.82) is 0 Å². The first-order valence-electron chi connectivity index (χ1n) is 6.09. The van der Waals surface area contributed by atoms with Gasteiger partial charge in [0, 0.05) is 18.1 Å². The molecule has 5 nitrogen and oxygen atoms in total. The second-order valence-electron chi connectivity index (χ2n) is 4.21. The second-order valence-corrected chi connectivity index (χ2v) is 5.49. The van der Waals surface area contributed by atoms with Gasteiger partial charge >= 0.3 is 5.97 Å². The first-order chi connectivity index (χ1) is 9.58. The van der Waals surface area contributed by atoms with Crippen LogP contribution in [0.4, 0.5) is 0 Å². The van der Waals surface area contributed by atoms with Gasteiger partial charge in [0.2, 0.25) is 0 Å². The molecule has 0 spiro atoms. The molecule has 0 radical (unpaired) electrons. The lowest BCUT2D eigenvalue weighted by Gasteiger charge is -1.96. The number of nitrogens with zero attached hydrogens (tertiary/aromatic N) is 1. The minimum atomic E-state index is -1.05. The van der Waals surface area contributed by atoms with Gasteiger partial charge in [-0.3, -0.25) is 9.89 Å². The molecule has 0 atom stereocenters. The van der Waals surface area contributed by atoms with Crippen molar-refractivity contribution in [3.8, 4) is 0 Å². The van der Waals surface area contributed by atoms with E-state index in [2.05, 4.69) is 10.2 Å². The number of thioether (sulfide) groups is 1.